The predicted octanol–water partition coefficient (Wildman–Crippen LogP) is 0.859. The summed E-state index contributed by atoms with van der Waals surface area (Å²) in [5, 5.41) is 8.99. The van der Waals surface area contributed by atoms with Crippen LogP contribution in [-0.2, 0) is 9.59 Å². The van der Waals surface area contributed by atoms with Gasteiger partial charge < -0.3 is 20.9 Å². The highest BCUT2D eigenvalue weighted by Gasteiger charge is 2.23. The maximum Gasteiger partial charge on any atom is 0.239 e. The molecule has 0 atom stereocenters. The largest absolute Gasteiger partial charge is 0.359 e. The quantitative estimate of drug-likeness (QED) is 0.506. The zero-order chi connectivity index (χ0) is 18.1. The van der Waals surface area contributed by atoms with Crippen LogP contribution in [0.3, 0.4) is 0 Å². The van der Waals surface area contributed by atoms with Gasteiger partial charge in [-0.2, -0.15) is 0 Å². The Balaban J connectivity index is 1.70. The van der Waals surface area contributed by atoms with Gasteiger partial charge >= 0.3 is 0 Å². The van der Waals surface area contributed by atoms with Crippen LogP contribution < -0.4 is 16.0 Å². The Morgan fingerprint density at radius 3 is 2.32 bits per heavy atom. The first-order chi connectivity index (χ1) is 12.1. The van der Waals surface area contributed by atoms with Crippen molar-refractivity contribution < 1.29 is 9.59 Å². The molecule has 7 nitrogen and oxygen atoms in total. The molecule has 0 spiro atoms. The van der Waals surface area contributed by atoms with Crippen LogP contribution in [0.15, 0.2) is 4.99 Å². The molecule has 1 aliphatic carbocycles. The number of aliphatic imine (C=N–C) groups is 1. The van der Waals surface area contributed by atoms with E-state index in [4.69, 9.17) is 0 Å². The summed E-state index contributed by atoms with van der Waals surface area (Å²) in [4.78, 5) is 30.1. The molecule has 0 unspecified atom stereocenters. The number of carbonyl (C=O) groups is 2. The van der Waals surface area contributed by atoms with Gasteiger partial charge in [-0.25, -0.2) is 0 Å². The van der Waals surface area contributed by atoms with Crippen molar-refractivity contribution in [2.75, 3.05) is 33.7 Å². The topological polar surface area (TPSA) is 85.8 Å². The van der Waals surface area contributed by atoms with Gasteiger partial charge in [-0.05, 0) is 31.6 Å². The van der Waals surface area contributed by atoms with Gasteiger partial charge in [-0.1, -0.05) is 19.3 Å². The Kier molecular flexibility index (Phi) is 8.01. The smallest absolute Gasteiger partial charge is 0.239 e. The lowest BCUT2D eigenvalue weighted by Crippen LogP contribution is -2.49. The van der Waals surface area contributed by atoms with Crippen molar-refractivity contribution in [2.45, 2.75) is 57.4 Å². The first kappa shape index (κ1) is 19.5. The summed E-state index contributed by atoms with van der Waals surface area (Å²) in [6.45, 7) is 2.00. The molecule has 3 N–H and O–H groups in total. The van der Waals surface area contributed by atoms with Crippen LogP contribution in [0.4, 0.5) is 0 Å². The number of amides is 2. The molecule has 2 fully saturated rings. The van der Waals surface area contributed by atoms with E-state index in [1.165, 1.54) is 19.3 Å². The molecule has 1 saturated carbocycles. The molecular weight excluding hydrogens is 318 g/mol. The van der Waals surface area contributed by atoms with Gasteiger partial charge in [-0.15, -0.1) is 0 Å². The van der Waals surface area contributed by atoms with Crippen LogP contribution in [0, 0.1) is 5.92 Å². The Morgan fingerprint density at radius 1 is 1.04 bits per heavy atom. The number of carbonyl (C=O) groups excluding carboxylic acids is 2. The molecular formula is C18H33N5O2. The summed E-state index contributed by atoms with van der Waals surface area (Å²) in [5.41, 5.74) is 0. The van der Waals surface area contributed by atoms with E-state index in [1.807, 2.05) is 0 Å². The van der Waals surface area contributed by atoms with Crippen molar-refractivity contribution in [1.29, 1.82) is 0 Å². The monoisotopic (exact) mass is 351 g/mol. The van der Waals surface area contributed by atoms with E-state index in [9.17, 15) is 9.59 Å². The van der Waals surface area contributed by atoms with Crippen molar-refractivity contribution in [3.05, 3.63) is 0 Å². The average molecular weight is 351 g/mol. The molecule has 0 radical (unpaired) electrons. The number of guanidine groups is 1. The van der Waals surface area contributed by atoms with Gasteiger partial charge in [0.15, 0.2) is 5.96 Å². The minimum absolute atomic E-state index is 0.0440. The van der Waals surface area contributed by atoms with E-state index in [0.717, 1.165) is 44.7 Å². The fourth-order valence-corrected chi connectivity index (χ4v) is 3.73. The van der Waals surface area contributed by atoms with E-state index in [0.29, 0.717) is 18.4 Å². The molecule has 2 aliphatic rings. The van der Waals surface area contributed by atoms with Crippen molar-refractivity contribution in [2.24, 2.45) is 10.9 Å². The zero-order valence-corrected chi connectivity index (χ0v) is 15.6. The summed E-state index contributed by atoms with van der Waals surface area (Å²) in [6, 6.07) is 0.338. The molecule has 0 aromatic heterocycles. The molecule has 1 heterocycles. The fourth-order valence-electron chi connectivity index (χ4n) is 3.73. The maximum absolute atomic E-state index is 12.1. The zero-order valence-electron chi connectivity index (χ0n) is 15.6. The van der Waals surface area contributed by atoms with Crippen molar-refractivity contribution in [3.8, 4) is 0 Å². The van der Waals surface area contributed by atoms with Crippen LogP contribution >= 0.6 is 0 Å². The maximum atomic E-state index is 12.1. The summed E-state index contributed by atoms with van der Waals surface area (Å²) in [6.07, 6.45) is 8.45. The molecule has 0 aromatic rings. The highest BCUT2D eigenvalue weighted by atomic mass is 16.2. The lowest BCUT2D eigenvalue weighted by Gasteiger charge is -2.34. The molecule has 7 heteroatoms. The van der Waals surface area contributed by atoms with Gasteiger partial charge in [-0.3, -0.25) is 14.6 Å². The lowest BCUT2D eigenvalue weighted by atomic mass is 9.93. The van der Waals surface area contributed by atoms with E-state index in [-0.39, 0.29) is 18.4 Å². The normalized spacial score (nSPS) is 20.2. The van der Waals surface area contributed by atoms with Crippen molar-refractivity contribution >= 4 is 17.8 Å². The average Bonchev–Trinajstić information content (AvgIpc) is 2.64. The molecule has 25 heavy (non-hydrogen) atoms. The van der Waals surface area contributed by atoms with E-state index in [1.54, 1.807) is 14.1 Å². The summed E-state index contributed by atoms with van der Waals surface area (Å²) >= 11 is 0. The third kappa shape index (κ3) is 6.55. The van der Waals surface area contributed by atoms with E-state index < -0.39 is 0 Å². The molecule has 1 saturated heterocycles. The van der Waals surface area contributed by atoms with Gasteiger partial charge in [0, 0.05) is 39.6 Å². The first-order valence-electron chi connectivity index (χ1n) is 9.58. The fraction of sp³-hybridized carbons (Fsp3) is 0.833. The second-order valence-corrected chi connectivity index (χ2v) is 7.11. The molecule has 2 rings (SSSR count). The molecule has 1 aliphatic heterocycles. The molecule has 2 amide bonds. The van der Waals surface area contributed by atoms with Crippen LogP contribution in [-0.4, -0.2) is 62.4 Å². The Labute approximate surface area is 151 Å². The number of rotatable bonds is 5. The number of nitrogens with zero attached hydrogens (tertiary/aromatic N) is 2. The second kappa shape index (κ2) is 10.3. The number of likely N-dealkylation sites (tertiary alicyclic amines) is 1. The van der Waals surface area contributed by atoms with Crippen molar-refractivity contribution in [1.82, 2.24) is 20.9 Å². The second-order valence-electron chi connectivity index (χ2n) is 7.11. The third-order valence-electron chi connectivity index (χ3n) is 5.26. The summed E-state index contributed by atoms with van der Waals surface area (Å²) in [5.74, 6) is 1.36. The predicted molar refractivity (Wildman–Crippen MR) is 99.4 cm³/mol. The van der Waals surface area contributed by atoms with Crippen LogP contribution in [0.1, 0.15) is 51.4 Å². The summed E-state index contributed by atoms with van der Waals surface area (Å²) < 4.78 is 0. The molecule has 142 valence electrons. The van der Waals surface area contributed by atoms with Crippen molar-refractivity contribution in [3.63, 3.8) is 0 Å². The Morgan fingerprint density at radius 2 is 1.72 bits per heavy atom. The van der Waals surface area contributed by atoms with Gasteiger partial charge in [0.2, 0.25) is 11.8 Å². The summed E-state index contributed by atoms with van der Waals surface area (Å²) in [7, 11) is 3.43. The lowest BCUT2D eigenvalue weighted by molar-refractivity contribution is -0.122. The number of piperidine rings is 1. The third-order valence-corrected chi connectivity index (χ3v) is 5.26. The van der Waals surface area contributed by atoms with Crippen LogP contribution in [0.5, 0.6) is 0 Å². The standard InChI is InChI=1S/C18H33N5O2/c1-19-16(24)12-14-8-10-23(11-9-14)18(20-2)21-13-17(25)22-15-6-4-3-5-7-15/h14-15H,3-13H2,1-2H3,(H,19,24)(H,20,21)(H,22,25). The minimum atomic E-state index is 0.0440. The highest BCUT2D eigenvalue weighted by Crippen LogP contribution is 2.20. The molecule has 0 aromatic carbocycles. The van der Waals surface area contributed by atoms with Crippen LogP contribution in [0.2, 0.25) is 0 Å². The van der Waals surface area contributed by atoms with E-state index >= 15 is 0 Å². The molecule has 0 bridgehead atoms. The Bertz CT molecular complexity index is 466. The minimum Gasteiger partial charge on any atom is -0.359 e. The van der Waals surface area contributed by atoms with Gasteiger partial charge in [0.1, 0.15) is 0 Å². The van der Waals surface area contributed by atoms with Crippen LogP contribution in [0.25, 0.3) is 0 Å². The SMILES string of the molecule is CN=C(NCC(=O)NC1CCCCC1)N1CCC(CC(=O)NC)CC1. The van der Waals surface area contributed by atoms with Gasteiger partial charge in [0.05, 0.1) is 6.54 Å². The highest BCUT2D eigenvalue weighted by molar-refractivity contribution is 5.86. The number of hydrogen-bond donors (Lipinski definition) is 3. The van der Waals surface area contributed by atoms with Gasteiger partial charge in [0.25, 0.3) is 0 Å². The first-order valence-corrected chi connectivity index (χ1v) is 9.58. The number of nitrogens with one attached hydrogen (secondary N) is 3. The number of hydrogen-bond acceptors (Lipinski definition) is 3. The van der Waals surface area contributed by atoms with E-state index in [2.05, 4.69) is 25.8 Å². The Hall–Kier alpha value is -1.79.